The Hall–Kier alpha value is -4.45. The predicted molar refractivity (Wildman–Crippen MR) is 129 cm³/mol. The van der Waals surface area contributed by atoms with Crippen LogP contribution in [0.25, 0.3) is 16.5 Å². The van der Waals surface area contributed by atoms with Crippen molar-refractivity contribution in [3.05, 3.63) is 114 Å². The Balaban J connectivity index is 1.70. The maximum absolute atomic E-state index is 13.3. The number of methoxy groups -OCH3 is 1. The van der Waals surface area contributed by atoms with E-state index in [1.807, 2.05) is 48.5 Å². The highest BCUT2D eigenvalue weighted by Gasteiger charge is 2.46. The minimum Gasteiger partial charge on any atom is -0.507 e. The van der Waals surface area contributed by atoms with Crippen molar-refractivity contribution >= 4 is 28.2 Å². The van der Waals surface area contributed by atoms with Crippen LogP contribution in [0, 0.1) is 0 Å². The molecule has 34 heavy (non-hydrogen) atoms. The number of benzene rings is 3. The zero-order chi connectivity index (χ0) is 23.7. The first-order valence-electron chi connectivity index (χ1n) is 10.9. The highest BCUT2D eigenvalue weighted by Crippen LogP contribution is 2.41. The molecule has 1 fully saturated rings. The van der Waals surface area contributed by atoms with E-state index in [0.717, 1.165) is 16.3 Å². The van der Waals surface area contributed by atoms with Gasteiger partial charge in [-0.05, 0) is 46.2 Å². The number of likely N-dealkylation sites (tertiary alicyclic amines) is 1. The average molecular weight is 450 g/mol. The van der Waals surface area contributed by atoms with Gasteiger partial charge in [0.15, 0.2) is 0 Å². The smallest absolute Gasteiger partial charge is 0.295 e. The first-order chi connectivity index (χ1) is 16.6. The van der Waals surface area contributed by atoms with E-state index in [9.17, 15) is 14.7 Å². The number of Topliss-reactive ketones (excluding diaryl/α,β-unsaturated/α-hetero) is 1. The molecule has 1 aliphatic rings. The Morgan fingerprint density at radius 3 is 2.38 bits per heavy atom. The second-order valence-corrected chi connectivity index (χ2v) is 8.08. The molecule has 1 unspecified atom stereocenters. The molecule has 1 amide bonds. The number of nitrogens with zero attached hydrogens (tertiary/aromatic N) is 2. The van der Waals surface area contributed by atoms with Crippen molar-refractivity contribution < 1.29 is 19.4 Å². The molecule has 3 aromatic carbocycles. The highest BCUT2D eigenvalue weighted by molar-refractivity contribution is 6.46. The van der Waals surface area contributed by atoms with Crippen LogP contribution >= 0.6 is 0 Å². The van der Waals surface area contributed by atoms with Crippen LogP contribution < -0.4 is 4.74 Å². The topological polar surface area (TPSA) is 79.7 Å². The van der Waals surface area contributed by atoms with Gasteiger partial charge in [0.05, 0.1) is 18.7 Å². The molecule has 0 spiro atoms. The van der Waals surface area contributed by atoms with Crippen molar-refractivity contribution in [1.29, 1.82) is 0 Å². The van der Waals surface area contributed by atoms with E-state index in [4.69, 9.17) is 4.74 Å². The fourth-order valence-corrected chi connectivity index (χ4v) is 4.44. The van der Waals surface area contributed by atoms with E-state index in [1.165, 1.54) is 4.90 Å². The number of rotatable bonds is 5. The normalized spacial score (nSPS) is 17.3. The summed E-state index contributed by atoms with van der Waals surface area (Å²) in [6, 6.07) is 23.2. The number of pyridine rings is 1. The van der Waals surface area contributed by atoms with Crippen molar-refractivity contribution in [3.8, 4) is 5.75 Å². The van der Waals surface area contributed by atoms with Crippen LogP contribution in [-0.4, -0.2) is 33.8 Å². The van der Waals surface area contributed by atoms with Crippen LogP contribution in [0.15, 0.2) is 96.8 Å². The van der Waals surface area contributed by atoms with Crippen molar-refractivity contribution in [3.63, 3.8) is 0 Å². The molecule has 168 valence electrons. The minimum atomic E-state index is -0.752. The highest BCUT2D eigenvalue weighted by atomic mass is 16.5. The average Bonchev–Trinajstić information content (AvgIpc) is 3.13. The summed E-state index contributed by atoms with van der Waals surface area (Å²) >= 11 is 0. The zero-order valence-electron chi connectivity index (χ0n) is 18.5. The summed E-state index contributed by atoms with van der Waals surface area (Å²) in [5.41, 5.74) is 2.12. The second kappa shape index (κ2) is 8.83. The molecule has 6 nitrogen and oxygen atoms in total. The number of aliphatic hydroxyl groups is 1. The number of fused-ring (bicyclic) bond motifs is 1. The molecule has 0 aliphatic carbocycles. The lowest BCUT2D eigenvalue weighted by molar-refractivity contribution is -0.140. The van der Waals surface area contributed by atoms with Crippen LogP contribution in [0.3, 0.4) is 0 Å². The molecule has 1 atom stereocenters. The molecule has 1 saturated heterocycles. The van der Waals surface area contributed by atoms with Crippen LogP contribution in [0.2, 0.25) is 0 Å². The summed E-state index contributed by atoms with van der Waals surface area (Å²) in [5.74, 6) is -0.892. The van der Waals surface area contributed by atoms with Crippen molar-refractivity contribution in [2.45, 2.75) is 12.6 Å². The van der Waals surface area contributed by atoms with E-state index < -0.39 is 17.7 Å². The molecule has 0 saturated carbocycles. The van der Waals surface area contributed by atoms with Gasteiger partial charge in [0.1, 0.15) is 11.5 Å². The molecule has 0 bridgehead atoms. The van der Waals surface area contributed by atoms with Gasteiger partial charge in [0.2, 0.25) is 0 Å². The maximum Gasteiger partial charge on any atom is 0.295 e. The third kappa shape index (κ3) is 3.69. The Kier molecular flexibility index (Phi) is 5.55. The summed E-state index contributed by atoms with van der Waals surface area (Å²) in [6.45, 7) is 0.204. The first kappa shape index (κ1) is 21.4. The lowest BCUT2D eigenvalue weighted by Crippen LogP contribution is -2.29. The number of carbonyl (C=O) groups excluding carboxylic acids is 2. The van der Waals surface area contributed by atoms with Crippen molar-refractivity contribution in [2.75, 3.05) is 7.11 Å². The van der Waals surface area contributed by atoms with Gasteiger partial charge in [-0.15, -0.1) is 0 Å². The van der Waals surface area contributed by atoms with Gasteiger partial charge < -0.3 is 14.7 Å². The van der Waals surface area contributed by atoms with Crippen LogP contribution in [0.1, 0.15) is 22.7 Å². The third-order valence-electron chi connectivity index (χ3n) is 6.12. The number of amides is 1. The van der Waals surface area contributed by atoms with E-state index >= 15 is 0 Å². The summed E-state index contributed by atoms with van der Waals surface area (Å²) in [5, 5.41) is 13.2. The van der Waals surface area contributed by atoms with Gasteiger partial charge in [0, 0.05) is 24.5 Å². The molecule has 6 heteroatoms. The summed E-state index contributed by atoms with van der Waals surface area (Å²) < 4.78 is 5.27. The van der Waals surface area contributed by atoms with Crippen LogP contribution in [0.4, 0.5) is 0 Å². The van der Waals surface area contributed by atoms with Crippen LogP contribution in [-0.2, 0) is 16.1 Å². The van der Waals surface area contributed by atoms with Gasteiger partial charge in [-0.1, -0.05) is 54.6 Å². The number of hydrogen-bond acceptors (Lipinski definition) is 5. The molecule has 1 aliphatic heterocycles. The van der Waals surface area contributed by atoms with Gasteiger partial charge in [-0.3, -0.25) is 14.6 Å². The molecular weight excluding hydrogens is 428 g/mol. The number of aliphatic hydroxyl groups excluding tert-OH is 1. The summed E-state index contributed by atoms with van der Waals surface area (Å²) in [4.78, 5) is 32.1. The summed E-state index contributed by atoms with van der Waals surface area (Å²) in [7, 11) is 1.57. The number of hydrogen-bond donors (Lipinski definition) is 1. The van der Waals surface area contributed by atoms with Gasteiger partial charge in [-0.2, -0.15) is 0 Å². The molecule has 1 N–H and O–H groups in total. The number of ether oxygens (including phenoxy) is 1. The van der Waals surface area contributed by atoms with Gasteiger partial charge in [0.25, 0.3) is 11.7 Å². The van der Waals surface area contributed by atoms with Gasteiger partial charge in [-0.25, -0.2) is 0 Å². The van der Waals surface area contributed by atoms with Crippen LogP contribution in [0.5, 0.6) is 5.75 Å². The number of ketones is 1. The zero-order valence-corrected chi connectivity index (χ0v) is 18.5. The van der Waals surface area contributed by atoms with Gasteiger partial charge >= 0.3 is 0 Å². The summed E-state index contributed by atoms with van der Waals surface area (Å²) in [6.07, 6.45) is 3.29. The lowest BCUT2D eigenvalue weighted by Gasteiger charge is -2.25. The molecule has 0 radical (unpaired) electrons. The standard InChI is InChI=1S/C28H22N2O4/c1-34-21-11-9-20(10-12-21)25-24(26(31)23-8-4-6-19-5-2-3-7-22(19)23)27(32)28(33)30(25)17-18-13-15-29-16-14-18/h2-16,25,31H,17H2,1H3/b26-24-. The fourth-order valence-electron chi connectivity index (χ4n) is 4.44. The number of carbonyl (C=O) groups is 2. The quantitative estimate of drug-likeness (QED) is 0.267. The fraction of sp³-hybridized carbons (Fsp3) is 0.107. The van der Waals surface area contributed by atoms with Crippen molar-refractivity contribution in [2.24, 2.45) is 0 Å². The molecule has 5 rings (SSSR count). The molecule has 4 aromatic rings. The van der Waals surface area contributed by atoms with E-state index in [1.54, 1.807) is 49.8 Å². The minimum absolute atomic E-state index is 0.0700. The first-order valence-corrected chi connectivity index (χ1v) is 10.9. The third-order valence-corrected chi connectivity index (χ3v) is 6.12. The predicted octanol–water partition coefficient (Wildman–Crippen LogP) is 4.87. The molecular formula is C28H22N2O4. The maximum atomic E-state index is 13.3. The Labute approximate surface area is 196 Å². The Bertz CT molecular complexity index is 1410. The Morgan fingerprint density at radius 1 is 0.941 bits per heavy atom. The van der Waals surface area contributed by atoms with E-state index in [-0.39, 0.29) is 17.9 Å². The van der Waals surface area contributed by atoms with E-state index in [2.05, 4.69) is 4.98 Å². The van der Waals surface area contributed by atoms with Crippen molar-refractivity contribution in [1.82, 2.24) is 9.88 Å². The molecule has 1 aromatic heterocycles. The SMILES string of the molecule is COc1ccc(C2/C(=C(/O)c3cccc4ccccc34)C(=O)C(=O)N2Cc2ccncc2)cc1. The van der Waals surface area contributed by atoms with E-state index in [0.29, 0.717) is 16.9 Å². The monoisotopic (exact) mass is 450 g/mol. The molecule has 2 heterocycles. The largest absolute Gasteiger partial charge is 0.507 e. The Morgan fingerprint density at radius 2 is 1.65 bits per heavy atom. The number of aromatic nitrogens is 1. The lowest BCUT2D eigenvalue weighted by atomic mass is 9.93. The second-order valence-electron chi connectivity index (χ2n) is 8.08.